The Morgan fingerprint density at radius 3 is 2.50 bits per heavy atom. The molecule has 1 amide bonds. The van der Waals surface area contributed by atoms with Gasteiger partial charge in [0.2, 0.25) is 5.91 Å². The number of carbonyl (C=O) groups excluding carboxylic acids is 1. The molecule has 5 heteroatoms. The molecule has 1 fully saturated rings. The first-order chi connectivity index (χ1) is 6.56. The molecule has 0 bridgehead atoms. The average Bonchev–Trinajstić information content (AvgIpc) is 2.94. The fraction of sp³-hybridized carbons (Fsp3) is 0.778. The molecule has 0 saturated heterocycles. The lowest BCUT2D eigenvalue weighted by molar-refractivity contribution is -0.145. The molecule has 14 heavy (non-hydrogen) atoms. The maximum Gasteiger partial charge on any atom is 0.323 e. The first-order valence-electron chi connectivity index (χ1n) is 4.84. The Kier molecular flexibility index (Phi) is 3.46. The lowest BCUT2D eigenvalue weighted by atomic mass is 10.2. The number of rotatable bonds is 5. The second-order valence-electron chi connectivity index (χ2n) is 3.61. The third-order valence-corrected chi connectivity index (χ3v) is 2.33. The van der Waals surface area contributed by atoms with E-state index in [0.717, 1.165) is 12.8 Å². The van der Waals surface area contributed by atoms with Crippen molar-refractivity contribution in [2.24, 2.45) is 5.73 Å². The average molecular weight is 200 g/mol. The summed E-state index contributed by atoms with van der Waals surface area (Å²) in [5, 5.41) is 8.63. The number of aliphatic carboxylic acids is 1. The quantitative estimate of drug-likeness (QED) is 0.643. The van der Waals surface area contributed by atoms with Gasteiger partial charge in [-0.05, 0) is 19.3 Å². The zero-order valence-electron chi connectivity index (χ0n) is 8.27. The van der Waals surface area contributed by atoms with Gasteiger partial charge in [0.05, 0.1) is 6.04 Å². The van der Waals surface area contributed by atoms with E-state index in [0.29, 0.717) is 6.42 Å². The number of nitrogens with zero attached hydrogens (tertiary/aromatic N) is 1. The highest BCUT2D eigenvalue weighted by Gasteiger charge is 2.35. The van der Waals surface area contributed by atoms with Gasteiger partial charge < -0.3 is 15.7 Å². The summed E-state index contributed by atoms with van der Waals surface area (Å²) in [6, 6.07) is -0.453. The molecule has 0 aromatic carbocycles. The van der Waals surface area contributed by atoms with Gasteiger partial charge in [-0.3, -0.25) is 9.59 Å². The number of hydrogen-bond acceptors (Lipinski definition) is 3. The van der Waals surface area contributed by atoms with E-state index >= 15 is 0 Å². The third kappa shape index (κ3) is 2.70. The fourth-order valence-electron chi connectivity index (χ4n) is 1.31. The molecule has 1 rings (SSSR count). The van der Waals surface area contributed by atoms with Gasteiger partial charge in [0.15, 0.2) is 0 Å². The van der Waals surface area contributed by atoms with Crippen LogP contribution in [0.5, 0.6) is 0 Å². The number of nitrogens with two attached hydrogens (primary N) is 1. The van der Waals surface area contributed by atoms with Crippen LogP contribution in [0.15, 0.2) is 0 Å². The van der Waals surface area contributed by atoms with Crippen LogP contribution in [0, 0.1) is 0 Å². The number of carboxylic acids is 1. The summed E-state index contributed by atoms with van der Waals surface area (Å²) in [6.45, 7) is 1.59. The summed E-state index contributed by atoms with van der Waals surface area (Å²) in [5.74, 6) is -1.22. The molecule has 1 saturated carbocycles. The normalized spacial score (nSPS) is 17.6. The maximum absolute atomic E-state index is 11.6. The van der Waals surface area contributed by atoms with E-state index in [1.54, 1.807) is 0 Å². The molecule has 1 aliphatic rings. The highest BCUT2D eigenvalue weighted by atomic mass is 16.4. The maximum atomic E-state index is 11.6. The molecule has 0 spiro atoms. The Morgan fingerprint density at radius 2 is 2.14 bits per heavy atom. The minimum absolute atomic E-state index is 0.108. The lowest BCUT2D eigenvalue weighted by Gasteiger charge is -2.23. The van der Waals surface area contributed by atoms with Crippen LogP contribution >= 0.6 is 0 Å². The Bertz CT molecular complexity index is 238. The molecule has 1 atom stereocenters. The zero-order chi connectivity index (χ0) is 10.7. The summed E-state index contributed by atoms with van der Waals surface area (Å²) in [4.78, 5) is 23.5. The summed E-state index contributed by atoms with van der Waals surface area (Å²) in [6.07, 6.45) is 2.34. The predicted octanol–water partition coefficient (Wildman–Crippen LogP) is -0.201. The van der Waals surface area contributed by atoms with Crippen molar-refractivity contribution in [3.05, 3.63) is 0 Å². The van der Waals surface area contributed by atoms with Crippen LogP contribution in [0.4, 0.5) is 0 Å². The third-order valence-electron chi connectivity index (χ3n) is 2.33. The summed E-state index contributed by atoms with van der Waals surface area (Å²) in [7, 11) is 0. The lowest BCUT2D eigenvalue weighted by Crippen LogP contribution is -2.46. The van der Waals surface area contributed by atoms with E-state index in [2.05, 4.69) is 0 Å². The van der Waals surface area contributed by atoms with E-state index in [1.165, 1.54) is 4.90 Å². The first kappa shape index (κ1) is 11.0. The second kappa shape index (κ2) is 4.41. The number of carboxylic acid groups (broad SMARTS) is 1. The highest BCUT2D eigenvalue weighted by molar-refractivity contribution is 5.85. The molecule has 0 aromatic rings. The molecule has 80 valence electrons. The smallest absolute Gasteiger partial charge is 0.323 e. The van der Waals surface area contributed by atoms with E-state index in [-0.39, 0.29) is 18.5 Å². The highest BCUT2D eigenvalue weighted by Crippen LogP contribution is 2.27. The molecular weight excluding hydrogens is 184 g/mol. The van der Waals surface area contributed by atoms with E-state index < -0.39 is 12.0 Å². The van der Waals surface area contributed by atoms with E-state index in [9.17, 15) is 9.59 Å². The molecule has 0 aromatic heterocycles. The molecule has 5 nitrogen and oxygen atoms in total. The fourth-order valence-corrected chi connectivity index (χ4v) is 1.31. The van der Waals surface area contributed by atoms with Gasteiger partial charge in [-0.2, -0.15) is 0 Å². The molecule has 0 unspecified atom stereocenters. The number of carbonyl (C=O) groups is 2. The Morgan fingerprint density at radius 1 is 1.57 bits per heavy atom. The van der Waals surface area contributed by atoms with Gasteiger partial charge in [-0.1, -0.05) is 6.92 Å². The monoisotopic (exact) mass is 200 g/mol. The molecular formula is C9H16N2O3. The molecule has 0 aliphatic heterocycles. The van der Waals surface area contributed by atoms with Crippen molar-refractivity contribution in [1.29, 1.82) is 0 Å². The first-order valence-corrected chi connectivity index (χ1v) is 4.84. The molecule has 1 aliphatic carbocycles. The van der Waals surface area contributed by atoms with Gasteiger partial charge >= 0.3 is 5.97 Å². The summed E-state index contributed by atoms with van der Waals surface area (Å²) < 4.78 is 0. The van der Waals surface area contributed by atoms with Crippen LogP contribution in [0.2, 0.25) is 0 Å². The van der Waals surface area contributed by atoms with Crippen molar-refractivity contribution < 1.29 is 14.7 Å². The Labute approximate surface area is 82.9 Å². The minimum atomic E-state index is -0.978. The van der Waals surface area contributed by atoms with Gasteiger partial charge in [0.25, 0.3) is 0 Å². The summed E-state index contributed by atoms with van der Waals surface area (Å²) >= 11 is 0. The SMILES string of the molecule is CC[C@@H](N)C(=O)N(CC(=O)O)C1CC1. The van der Waals surface area contributed by atoms with Crippen LogP contribution in [0.25, 0.3) is 0 Å². The minimum Gasteiger partial charge on any atom is -0.480 e. The van der Waals surface area contributed by atoms with Crippen LogP contribution in [0.1, 0.15) is 26.2 Å². The summed E-state index contributed by atoms with van der Waals surface area (Å²) in [5.41, 5.74) is 5.57. The molecule has 0 radical (unpaired) electrons. The Hall–Kier alpha value is -1.10. The van der Waals surface area contributed by atoms with Crippen LogP contribution in [-0.2, 0) is 9.59 Å². The number of amides is 1. The van der Waals surface area contributed by atoms with Gasteiger partial charge in [0.1, 0.15) is 6.54 Å². The topological polar surface area (TPSA) is 83.6 Å². The predicted molar refractivity (Wildman–Crippen MR) is 50.6 cm³/mol. The number of hydrogen-bond donors (Lipinski definition) is 2. The van der Waals surface area contributed by atoms with E-state index in [1.807, 2.05) is 6.92 Å². The van der Waals surface area contributed by atoms with Crippen LogP contribution in [0.3, 0.4) is 0 Å². The second-order valence-corrected chi connectivity index (χ2v) is 3.61. The van der Waals surface area contributed by atoms with E-state index in [4.69, 9.17) is 10.8 Å². The van der Waals surface area contributed by atoms with Crippen molar-refractivity contribution in [1.82, 2.24) is 4.90 Å². The van der Waals surface area contributed by atoms with Crippen molar-refractivity contribution in [3.8, 4) is 0 Å². The van der Waals surface area contributed by atoms with Crippen molar-refractivity contribution in [3.63, 3.8) is 0 Å². The largest absolute Gasteiger partial charge is 0.480 e. The molecule has 3 N–H and O–H groups in total. The standard InChI is InChI=1S/C9H16N2O3/c1-2-7(10)9(14)11(5-8(12)13)6-3-4-6/h6-7H,2-5,10H2,1H3,(H,12,13)/t7-/m1/s1. The molecule has 0 heterocycles. The van der Waals surface area contributed by atoms with Crippen molar-refractivity contribution in [2.75, 3.05) is 6.54 Å². The van der Waals surface area contributed by atoms with Crippen LogP contribution in [-0.4, -0.2) is 40.5 Å². The Balaban J connectivity index is 2.57. The zero-order valence-corrected chi connectivity index (χ0v) is 8.27. The van der Waals surface area contributed by atoms with Gasteiger partial charge in [-0.15, -0.1) is 0 Å². The van der Waals surface area contributed by atoms with Crippen molar-refractivity contribution in [2.45, 2.75) is 38.3 Å². The van der Waals surface area contributed by atoms with Crippen LogP contribution < -0.4 is 5.73 Å². The van der Waals surface area contributed by atoms with Crippen molar-refractivity contribution >= 4 is 11.9 Å². The van der Waals surface area contributed by atoms with Gasteiger partial charge in [0, 0.05) is 6.04 Å². The van der Waals surface area contributed by atoms with Gasteiger partial charge in [-0.25, -0.2) is 0 Å².